The first-order chi connectivity index (χ1) is 9.49. The second-order valence-electron chi connectivity index (χ2n) is 5.31. The molecule has 0 N–H and O–H groups in total. The van der Waals surface area contributed by atoms with Crippen LogP contribution >= 0.6 is 0 Å². The molecule has 0 atom stereocenters. The molecular weight excluding hydrogens is 248 g/mol. The summed E-state index contributed by atoms with van der Waals surface area (Å²) in [5.74, 6) is 1.31. The van der Waals surface area contributed by atoms with Crippen LogP contribution in [-0.2, 0) is 7.05 Å². The van der Waals surface area contributed by atoms with Crippen molar-refractivity contribution in [1.29, 1.82) is 5.26 Å². The third-order valence-electron chi connectivity index (χ3n) is 3.82. The second-order valence-corrected chi connectivity index (χ2v) is 5.31. The monoisotopic (exact) mass is 268 g/mol. The number of benzene rings is 1. The smallest absolute Gasteiger partial charge is 0.128 e. The fourth-order valence-corrected chi connectivity index (χ4v) is 2.35. The summed E-state index contributed by atoms with van der Waals surface area (Å²) in [5.41, 5.74) is 4.95. The fourth-order valence-electron chi connectivity index (χ4n) is 2.35. The van der Waals surface area contributed by atoms with E-state index in [0.29, 0.717) is 11.5 Å². The largest absolute Gasteiger partial charge is 0.496 e. The highest BCUT2D eigenvalue weighted by atomic mass is 16.5. The lowest BCUT2D eigenvalue weighted by molar-refractivity contribution is 0.415. The van der Waals surface area contributed by atoms with Gasteiger partial charge in [-0.2, -0.15) is 5.26 Å². The van der Waals surface area contributed by atoms with E-state index in [-0.39, 0.29) is 0 Å². The van der Waals surface area contributed by atoms with Crippen molar-refractivity contribution in [2.24, 2.45) is 7.05 Å². The zero-order valence-electron chi connectivity index (χ0n) is 12.7. The van der Waals surface area contributed by atoms with E-state index in [2.05, 4.69) is 38.1 Å². The van der Waals surface area contributed by atoms with E-state index in [4.69, 9.17) is 10.00 Å². The molecule has 0 bridgehead atoms. The molecule has 0 radical (unpaired) electrons. The first-order valence-corrected chi connectivity index (χ1v) is 6.74. The average Bonchev–Trinajstić information content (AvgIpc) is 2.74. The Morgan fingerprint density at radius 1 is 1.25 bits per heavy atom. The van der Waals surface area contributed by atoms with Gasteiger partial charge in [0.2, 0.25) is 0 Å². The highest BCUT2D eigenvalue weighted by molar-refractivity contribution is 5.71. The Bertz CT molecular complexity index is 675. The van der Waals surface area contributed by atoms with Gasteiger partial charge in [0.1, 0.15) is 11.8 Å². The van der Waals surface area contributed by atoms with Gasteiger partial charge in [-0.25, -0.2) is 0 Å². The van der Waals surface area contributed by atoms with Crippen molar-refractivity contribution in [3.63, 3.8) is 0 Å². The van der Waals surface area contributed by atoms with Crippen LogP contribution in [0.1, 0.15) is 36.6 Å². The summed E-state index contributed by atoms with van der Waals surface area (Å²) in [5, 5.41) is 9.15. The lowest BCUT2D eigenvalue weighted by Crippen LogP contribution is -1.98. The van der Waals surface area contributed by atoms with E-state index in [1.54, 1.807) is 7.11 Å². The van der Waals surface area contributed by atoms with Gasteiger partial charge >= 0.3 is 0 Å². The molecule has 20 heavy (non-hydrogen) atoms. The Morgan fingerprint density at radius 2 is 1.95 bits per heavy atom. The van der Waals surface area contributed by atoms with E-state index < -0.39 is 0 Å². The molecule has 0 saturated carbocycles. The Balaban J connectivity index is 2.61. The molecule has 1 aromatic heterocycles. The van der Waals surface area contributed by atoms with Crippen molar-refractivity contribution < 1.29 is 4.74 Å². The molecule has 0 fully saturated rings. The molecule has 3 heteroatoms. The minimum absolute atomic E-state index is 0.461. The first kappa shape index (κ1) is 14.2. The molecule has 0 aliphatic rings. The molecule has 3 nitrogen and oxygen atoms in total. The summed E-state index contributed by atoms with van der Waals surface area (Å²) >= 11 is 0. The van der Waals surface area contributed by atoms with Crippen molar-refractivity contribution in [2.45, 2.75) is 26.7 Å². The van der Waals surface area contributed by atoms with E-state index in [9.17, 15) is 0 Å². The van der Waals surface area contributed by atoms with Gasteiger partial charge in [-0.1, -0.05) is 19.9 Å². The van der Waals surface area contributed by atoms with Crippen LogP contribution in [0.5, 0.6) is 5.75 Å². The van der Waals surface area contributed by atoms with E-state index in [1.807, 2.05) is 24.6 Å². The van der Waals surface area contributed by atoms with Gasteiger partial charge in [0.15, 0.2) is 0 Å². The number of nitriles is 1. The minimum Gasteiger partial charge on any atom is -0.496 e. The summed E-state index contributed by atoms with van der Waals surface area (Å²) in [4.78, 5) is 0. The van der Waals surface area contributed by atoms with Crippen LogP contribution in [0.2, 0.25) is 0 Å². The predicted molar refractivity (Wildman–Crippen MR) is 80.9 cm³/mol. The number of nitrogens with zero attached hydrogens (tertiary/aromatic N) is 2. The molecule has 1 aromatic carbocycles. The molecule has 0 amide bonds. The summed E-state index contributed by atoms with van der Waals surface area (Å²) in [6.07, 6.45) is 0. The molecule has 0 unspecified atom stereocenters. The van der Waals surface area contributed by atoms with Gasteiger partial charge in [0, 0.05) is 18.3 Å². The first-order valence-electron chi connectivity index (χ1n) is 6.74. The van der Waals surface area contributed by atoms with E-state index >= 15 is 0 Å². The molecule has 104 valence electrons. The SMILES string of the molecule is COc1cc(C(C)C)ccc1-c1cc(C#N)c(C)n1C. The molecule has 2 aromatic rings. The zero-order valence-corrected chi connectivity index (χ0v) is 12.7. The van der Waals surface area contributed by atoms with Crippen molar-refractivity contribution >= 4 is 0 Å². The van der Waals surface area contributed by atoms with Crippen LogP contribution in [0.15, 0.2) is 24.3 Å². The van der Waals surface area contributed by atoms with E-state index in [1.165, 1.54) is 5.56 Å². The minimum atomic E-state index is 0.461. The topological polar surface area (TPSA) is 37.9 Å². The Kier molecular flexibility index (Phi) is 3.85. The Morgan fingerprint density at radius 3 is 2.45 bits per heavy atom. The highest BCUT2D eigenvalue weighted by Gasteiger charge is 2.15. The van der Waals surface area contributed by atoms with Crippen molar-refractivity contribution in [3.05, 3.63) is 41.1 Å². The maximum Gasteiger partial charge on any atom is 0.128 e. The molecule has 0 aliphatic carbocycles. The summed E-state index contributed by atoms with van der Waals surface area (Å²) in [7, 11) is 3.66. The lowest BCUT2D eigenvalue weighted by atomic mass is 9.99. The molecule has 0 saturated heterocycles. The van der Waals surface area contributed by atoms with Crippen LogP contribution in [0.4, 0.5) is 0 Å². The Labute approximate surface area is 120 Å². The van der Waals surface area contributed by atoms with Gasteiger partial charge in [0.25, 0.3) is 0 Å². The molecule has 0 spiro atoms. The maximum absolute atomic E-state index is 9.15. The molecule has 2 rings (SSSR count). The molecule has 1 heterocycles. The van der Waals surface area contributed by atoms with Gasteiger partial charge < -0.3 is 9.30 Å². The van der Waals surface area contributed by atoms with Gasteiger partial charge in [-0.3, -0.25) is 0 Å². The quantitative estimate of drug-likeness (QED) is 0.843. The number of aromatic nitrogens is 1. The number of methoxy groups -OCH3 is 1. The average molecular weight is 268 g/mol. The Hall–Kier alpha value is -2.21. The molecule has 0 aliphatic heterocycles. The van der Waals surface area contributed by atoms with Crippen LogP contribution < -0.4 is 4.74 Å². The van der Waals surface area contributed by atoms with E-state index in [0.717, 1.165) is 22.7 Å². The highest BCUT2D eigenvalue weighted by Crippen LogP contribution is 2.34. The van der Waals surface area contributed by atoms with Gasteiger partial charge in [-0.05, 0) is 36.6 Å². The standard InChI is InChI=1S/C17H20N2O/c1-11(2)13-6-7-15(17(9-13)20-5)16-8-14(10-18)12(3)19(16)4/h6-9,11H,1-5H3. The summed E-state index contributed by atoms with van der Waals surface area (Å²) in [6, 6.07) is 10.4. The summed E-state index contributed by atoms with van der Waals surface area (Å²) in [6.45, 7) is 6.28. The van der Waals surface area contributed by atoms with Crippen LogP contribution in [0.25, 0.3) is 11.3 Å². The van der Waals surface area contributed by atoms with Crippen molar-refractivity contribution in [2.75, 3.05) is 7.11 Å². The predicted octanol–water partition coefficient (Wildman–Crippen LogP) is 4.00. The number of hydrogen-bond acceptors (Lipinski definition) is 2. The van der Waals surface area contributed by atoms with Gasteiger partial charge in [-0.15, -0.1) is 0 Å². The summed E-state index contributed by atoms with van der Waals surface area (Å²) < 4.78 is 7.57. The van der Waals surface area contributed by atoms with Crippen LogP contribution in [-0.4, -0.2) is 11.7 Å². The number of ether oxygens (including phenoxy) is 1. The van der Waals surface area contributed by atoms with Crippen LogP contribution in [0.3, 0.4) is 0 Å². The fraction of sp³-hybridized carbons (Fsp3) is 0.353. The third kappa shape index (κ3) is 2.30. The second kappa shape index (κ2) is 5.42. The number of rotatable bonds is 3. The lowest BCUT2D eigenvalue weighted by Gasteiger charge is -2.13. The van der Waals surface area contributed by atoms with Crippen LogP contribution in [0, 0.1) is 18.3 Å². The van der Waals surface area contributed by atoms with Crippen molar-refractivity contribution in [1.82, 2.24) is 4.57 Å². The zero-order chi connectivity index (χ0) is 14.9. The third-order valence-corrected chi connectivity index (χ3v) is 3.82. The number of hydrogen-bond donors (Lipinski definition) is 0. The normalized spacial score (nSPS) is 10.7. The molecular formula is C17H20N2O. The van der Waals surface area contributed by atoms with Gasteiger partial charge in [0.05, 0.1) is 18.4 Å². The maximum atomic E-state index is 9.15. The van der Waals surface area contributed by atoms with Crippen molar-refractivity contribution in [3.8, 4) is 23.1 Å².